The summed E-state index contributed by atoms with van der Waals surface area (Å²) in [5, 5.41) is 0. The van der Waals surface area contributed by atoms with Gasteiger partial charge in [0.15, 0.2) is 17.3 Å². The van der Waals surface area contributed by atoms with E-state index >= 15 is 0 Å². The molecule has 0 spiro atoms. The molecule has 1 aromatic carbocycles. The van der Waals surface area contributed by atoms with Crippen LogP contribution in [0, 0.1) is 0 Å². The van der Waals surface area contributed by atoms with Crippen molar-refractivity contribution in [1.29, 1.82) is 0 Å². The summed E-state index contributed by atoms with van der Waals surface area (Å²) in [6, 6.07) is 5.05. The number of allylic oxidation sites excluding steroid dienone is 1. The number of unbranched alkanes of at least 4 members (excludes halogenated alkanes) is 1. The first-order chi connectivity index (χ1) is 9.22. The highest BCUT2D eigenvalue weighted by atomic mass is 16.5. The van der Waals surface area contributed by atoms with E-state index in [-0.39, 0.29) is 5.78 Å². The average molecular weight is 264 g/mol. The van der Waals surface area contributed by atoms with Crippen molar-refractivity contribution >= 4 is 5.78 Å². The summed E-state index contributed by atoms with van der Waals surface area (Å²) < 4.78 is 15.5. The number of hydrogen-bond donors (Lipinski definition) is 0. The molecule has 4 nitrogen and oxygen atoms in total. The fourth-order valence-electron chi connectivity index (χ4n) is 1.49. The van der Waals surface area contributed by atoms with Crippen LogP contribution in [0.2, 0.25) is 0 Å². The smallest absolute Gasteiger partial charge is 0.189 e. The van der Waals surface area contributed by atoms with Crippen LogP contribution in [0.5, 0.6) is 11.5 Å². The van der Waals surface area contributed by atoms with Gasteiger partial charge in [-0.25, -0.2) is 0 Å². The van der Waals surface area contributed by atoms with Crippen molar-refractivity contribution in [2.75, 3.05) is 20.8 Å². The Bertz CT molecular complexity index is 438. The van der Waals surface area contributed by atoms with Crippen molar-refractivity contribution in [3.05, 3.63) is 36.1 Å². The third-order valence-electron chi connectivity index (χ3n) is 2.60. The minimum absolute atomic E-state index is 0.127. The lowest BCUT2D eigenvalue weighted by Crippen LogP contribution is -1.98. The molecule has 4 heteroatoms. The zero-order chi connectivity index (χ0) is 14.1. The normalized spacial score (nSPS) is 10.5. The SMILES string of the molecule is CCCCOC=CC(=O)c1ccc(OC)c(OC)c1. The fraction of sp³-hybridized carbons (Fsp3) is 0.400. The summed E-state index contributed by atoms with van der Waals surface area (Å²) in [4.78, 5) is 11.9. The van der Waals surface area contributed by atoms with Crippen molar-refractivity contribution in [3.63, 3.8) is 0 Å². The second-order valence-electron chi connectivity index (χ2n) is 3.96. The van der Waals surface area contributed by atoms with Crippen LogP contribution in [-0.4, -0.2) is 26.6 Å². The maximum absolute atomic E-state index is 11.9. The predicted octanol–water partition coefficient (Wildman–Crippen LogP) is 3.22. The first-order valence-electron chi connectivity index (χ1n) is 6.27. The molecule has 0 atom stereocenters. The van der Waals surface area contributed by atoms with Gasteiger partial charge in [-0.05, 0) is 24.6 Å². The van der Waals surface area contributed by atoms with E-state index in [4.69, 9.17) is 14.2 Å². The number of rotatable bonds is 8. The molecule has 0 saturated carbocycles. The van der Waals surface area contributed by atoms with E-state index in [1.54, 1.807) is 25.3 Å². The first-order valence-corrected chi connectivity index (χ1v) is 6.27. The molecule has 0 saturated heterocycles. The fourth-order valence-corrected chi connectivity index (χ4v) is 1.49. The van der Waals surface area contributed by atoms with Crippen molar-refractivity contribution in [3.8, 4) is 11.5 Å². The quantitative estimate of drug-likeness (QED) is 0.313. The maximum atomic E-state index is 11.9. The summed E-state index contributed by atoms with van der Waals surface area (Å²) in [6.45, 7) is 2.72. The number of ether oxygens (including phenoxy) is 3. The minimum Gasteiger partial charge on any atom is -0.501 e. The molecule has 0 aromatic heterocycles. The van der Waals surface area contributed by atoms with Crippen molar-refractivity contribution < 1.29 is 19.0 Å². The third kappa shape index (κ3) is 4.66. The zero-order valence-electron chi connectivity index (χ0n) is 11.6. The minimum atomic E-state index is -0.127. The number of carbonyl (C=O) groups excluding carboxylic acids is 1. The maximum Gasteiger partial charge on any atom is 0.189 e. The molecule has 0 heterocycles. The Hall–Kier alpha value is -1.97. The van der Waals surface area contributed by atoms with Crippen molar-refractivity contribution in [2.45, 2.75) is 19.8 Å². The highest BCUT2D eigenvalue weighted by Crippen LogP contribution is 2.27. The van der Waals surface area contributed by atoms with E-state index in [1.807, 2.05) is 0 Å². The predicted molar refractivity (Wildman–Crippen MR) is 73.9 cm³/mol. The van der Waals surface area contributed by atoms with E-state index in [2.05, 4.69) is 6.92 Å². The number of ketones is 1. The molecular formula is C15H20O4. The number of methoxy groups -OCH3 is 2. The molecule has 0 amide bonds. The van der Waals surface area contributed by atoms with E-state index < -0.39 is 0 Å². The monoisotopic (exact) mass is 264 g/mol. The molecule has 0 aliphatic carbocycles. The third-order valence-corrected chi connectivity index (χ3v) is 2.60. The van der Waals surface area contributed by atoms with Gasteiger partial charge in [0.05, 0.1) is 27.1 Å². The summed E-state index contributed by atoms with van der Waals surface area (Å²) in [5.41, 5.74) is 0.535. The molecule has 0 unspecified atom stereocenters. The van der Waals surface area contributed by atoms with Crippen molar-refractivity contribution in [2.24, 2.45) is 0 Å². The van der Waals surface area contributed by atoms with Crippen LogP contribution in [0.15, 0.2) is 30.5 Å². The Morgan fingerprint density at radius 1 is 1.21 bits per heavy atom. The van der Waals surface area contributed by atoms with Crippen molar-refractivity contribution in [1.82, 2.24) is 0 Å². The van der Waals surface area contributed by atoms with Gasteiger partial charge in [-0.15, -0.1) is 0 Å². The van der Waals surface area contributed by atoms with E-state index in [1.165, 1.54) is 19.4 Å². The number of hydrogen-bond acceptors (Lipinski definition) is 4. The number of carbonyl (C=O) groups is 1. The lowest BCUT2D eigenvalue weighted by molar-refractivity contribution is 0.104. The Labute approximate surface area is 114 Å². The number of benzene rings is 1. The van der Waals surface area contributed by atoms with Gasteiger partial charge >= 0.3 is 0 Å². The second-order valence-corrected chi connectivity index (χ2v) is 3.96. The van der Waals surface area contributed by atoms with Gasteiger partial charge in [-0.1, -0.05) is 13.3 Å². The molecule has 0 fully saturated rings. The lowest BCUT2D eigenvalue weighted by atomic mass is 10.1. The molecule has 0 N–H and O–H groups in total. The van der Waals surface area contributed by atoms with E-state index in [0.717, 1.165) is 12.8 Å². The molecular weight excluding hydrogens is 244 g/mol. The van der Waals surface area contributed by atoms with Gasteiger partial charge in [0.1, 0.15) is 0 Å². The summed E-state index contributed by atoms with van der Waals surface area (Å²) in [6.07, 6.45) is 4.90. The molecule has 0 aliphatic heterocycles. The van der Waals surface area contributed by atoms with Gasteiger partial charge in [-0.2, -0.15) is 0 Å². The Morgan fingerprint density at radius 3 is 2.58 bits per heavy atom. The highest BCUT2D eigenvalue weighted by molar-refractivity contribution is 6.04. The molecule has 1 aromatic rings. The standard InChI is InChI=1S/C15H20O4/c1-4-5-9-19-10-8-13(16)12-6-7-14(17-2)15(11-12)18-3/h6-8,10-11H,4-5,9H2,1-3H3. The lowest BCUT2D eigenvalue weighted by Gasteiger charge is -2.08. The molecule has 104 valence electrons. The van der Waals surface area contributed by atoms with Gasteiger partial charge < -0.3 is 14.2 Å². The molecule has 19 heavy (non-hydrogen) atoms. The zero-order valence-corrected chi connectivity index (χ0v) is 11.6. The molecule has 0 bridgehead atoms. The highest BCUT2D eigenvalue weighted by Gasteiger charge is 2.08. The second kappa shape index (κ2) is 8.19. The Balaban J connectivity index is 2.66. The van der Waals surface area contributed by atoms with Crippen LogP contribution < -0.4 is 9.47 Å². The summed E-state index contributed by atoms with van der Waals surface area (Å²) >= 11 is 0. The Kier molecular flexibility index (Phi) is 6.50. The summed E-state index contributed by atoms with van der Waals surface area (Å²) in [5.74, 6) is 1.01. The Morgan fingerprint density at radius 2 is 1.95 bits per heavy atom. The largest absolute Gasteiger partial charge is 0.501 e. The molecule has 1 rings (SSSR count). The summed E-state index contributed by atoms with van der Waals surface area (Å²) in [7, 11) is 3.09. The van der Waals surface area contributed by atoms with Crippen LogP contribution in [0.4, 0.5) is 0 Å². The topological polar surface area (TPSA) is 44.8 Å². The van der Waals surface area contributed by atoms with Crippen LogP contribution in [0.25, 0.3) is 0 Å². The van der Waals surface area contributed by atoms with Gasteiger partial charge in [0.25, 0.3) is 0 Å². The van der Waals surface area contributed by atoms with Crippen LogP contribution >= 0.6 is 0 Å². The molecule has 0 aliphatic rings. The molecule has 0 radical (unpaired) electrons. The average Bonchev–Trinajstić information content (AvgIpc) is 2.46. The van der Waals surface area contributed by atoms with Gasteiger partial charge in [-0.3, -0.25) is 4.79 Å². The van der Waals surface area contributed by atoms with Crippen LogP contribution in [0.1, 0.15) is 30.1 Å². The van der Waals surface area contributed by atoms with Gasteiger partial charge in [0.2, 0.25) is 0 Å². The van der Waals surface area contributed by atoms with Crippen LogP contribution in [0.3, 0.4) is 0 Å². The van der Waals surface area contributed by atoms with E-state index in [9.17, 15) is 4.79 Å². The first kappa shape index (κ1) is 15.1. The van der Waals surface area contributed by atoms with E-state index in [0.29, 0.717) is 23.7 Å². The van der Waals surface area contributed by atoms with Gasteiger partial charge in [0, 0.05) is 11.6 Å². The van der Waals surface area contributed by atoms with Crippen LogP contribution in [-0.2, 0) is 4.74 Å².